The Hall–Kier alpha value is -3.84. The van der Waals surface area contributed by atoms with E-state index in [1.807, 2.05) is 35.4 Å². The molecule has 1 aliphatic rings. The monoisotopic (exact) mass is 467 g/mol. The second kappa shape index (κ2) is 10.6. The highest BCUT2D eigenvalue weighted by atomic mass is 16.5. The Morgan fingerprint density at radius 1 is 0.943 bits per heavy atom. The van der Waals surface area contributed by atoms with Gasteiger partial charge in [-0.3, -0.25) is 14.7 Å². The van der Waals surface area contributed by atoms with E-state index in [4.69, 9.17) is 4.74 Å². The van der Waals surface area contributed by atoms with Crippen LogP contribution in [0.5, 0.6) is 11.8 Å². The van der Waals surface area contributed by atoms with E-state index in [0.29, 0.717) is 17.7 Å². The van der Waals surface area contributed by atoms with Crippen LogP contribution in [0, 0.1) is 5.92 Å². The number of nitrogens with zero attached hydrogens (tertiary/aromatic N) is 5. The first-order chi connectivity index (χ1) is 17.1. The van der Waals surface area contributed by atoms with Gasteiger partial charge in [-0.1, -0.05) is 30.3 Å². The van der Waals surface area contributed by atoms with E-state index in [0.717, 1.165) is 50.2 Å². The van der Waals surface area contributed by atoms with Crippen LogP contribution in [-0.4, -0.2) is 56.8 Å². The number of aromatic nitrogens is 3. The Labute approximate surface area is 205 Å². The molecule has 0 saturated carbocycles. The number of fused-ring (bicyclic) bond motifs is 1. The van der Waals surface area contributed by atoms with Gasteiger partial charge in [-0.2, -0.15) is 0 Å². The van der Waals surface area contributed by atoms with Crippen molar-refractivity contribution in [2.45, 2.75) is 19.9 Å². The first kappa shape index (κ1) is 22.9. The largest absolute Gasteiger partial charge is 0.424 e. The van der Waals surface area contributed by atoms with Crippen LogP contribution in [-0.2, 0) is 17.8 Å². The summed E-state index contributed by atoms with van der Waals surface area (Å²) < 4.78 is 5.82. The quantitative estimate of drug-likeness (QED) is 0.420. The van der Waals surface area contributed by atoms with Gasteiger partial charge >= 0.3 is 6.01 Å². The van der Waals surface area contributed by atoms with Crippen LogP contribution in [0.25, 0.3) is 10.9 Å². The number of amides is 1. The molecule has 0 bridgehead atoms. The third kappa shape index (κ3) is 5.81. The van der Waals surface area contributed by atoms with Crippen molar-refractivity contribution in [3.8, 4) is 11.8 Å². The molecule has 1 amide bonds. The minimum atomic E-state index is 0.134. The molecule has 4 aromatic rings. The summed E-state index contributed by atoms with van der Waals surface area (Å²) in [4.78, 5) is 29.5. The number of hydrogen-bond acceptors (Lipinski definition) is 6. The van der Waals surface area contributed by atoms with Crippen molar-refractivity contribution in [1.29, 1.82) is 0 Å². The van der Waals surface area contributed by atoms with Crippen molar-refractivity contribution in [2.24, 2.45) is 5.92 Å². The maximum absolute atomic E-state index is 12.3. The molecule has 5 rings (SSSR count). The first-order valence-electron chi connectivity index (χ1n) is 12.0. The average Bonchev–Trinajstić information content (AvgIpc) is 3.07. The summed E-state index contributed by atoms with van der Waals surface area (Å²) in [6.07, 6.45) is 6.06. The van der Waals surface area contributed by atoms with Gasteiger partial charge in [0.05, 0.1) is 5.52 Å². The topological polar surface area (TPSA) is 71.5 Å². The number of ether oxygens (including phenoxy) is 1. The van der Waals surface area contributed by atoms with E-state index in [1.165, 1.54) is 10.9 Å². The molecule has 1 saturated heterocycles. The van der Waals surface area contributed by atoms with E-state index in [2.05, 4.69) is 50.2 Å². The summed E-state index contributed by atoms with van der Waals surface area (Å²) in [7, 11) is 0. The number of carbonyl (C=O) groups is 1. The van der Waals surface area contributed by atoms with Gasteiger partial charge in [0.25, 0.3) is 0 Å². The zero-order valence-corrected chi connectivity index (χ0v) is 19.9. The molecule has 1 fully saturated rings. The molecule has 35 heavy (non-hydrogen) atoms. The van der Waals surface area contributed by atoms with E-state index in [9.17, 15) is 4.79 Å². The summed E-state index contributed by atoms with van der Waals surface area (Å²) in [5.41, 5.74) is 3.45. The predicted molar refractivity (Wildman–Crippen MR) is 135 cm³/mol. The lowest BCUT2D eigenvalue weighted by Gasteiger charge is -2.25. The summed E-state index contributed by atoms with van der Waals surface area (Å²) >= 11 is 0. The van der Waals surface area contributed by atoms with Crippen molar-refractivity contribution in [3.63, 3.8) is 0 Å². The Kier molecular flexibility index (Phi) is 6.95. The zero-order chi connectivity index (χ0) is 24.0. The fraction of sp³-hybridized carbons (Fsp3) is 0.286. The molecule has 7 nitrogen and oxygen atoms in total. The SMILES string of the molecule is CC(=O)N1CCN(Cc2cccc(Oc3ncccn3)c2)C[C@@H](Cc2cccc3ncccc23)C1. The molecule has 3 heterocycles. The molecular weight excluding hydrogens is 438 g/mol. The smallest absolute Gasteiger partial charge is 0.321 e. The van der Waals surface area contributed by atoms with E-state index >= 15 is 0 Å². The fourth-order valence-electron chi connectivity index (χ4n) is 4.80. The molecule has 1 aliphatic heterocycles. The third-order valence-corrected chi connectivity index (χ3v) is 6.43. The minimum Gasteiger partial charge on any atom is -0.424 e. The maximum Gasteiger partial charge on any atom is 0.321 e. The zero-order valence-electron chi connectivity index (χ0n) is 19.9. The number of hydrogen-bond donors (Lipinski definition) is 0. The number of benzene rings is 2. The van der Waals surface area contributed by atoms with Gasteiger partial charge in [-0.05, 0) is 53.8 Å². The van der Waals surface area contributed by atoms with E-state index < -0.39 is 0 Å². The molecule has 7 heteroatoms. The van der Waals surface area contributed by atoms with E-state index in [1.54, 1.807) is 25.4 Å². The molecular formula is C28H29N5O2. The second-order valence-electron chi connectivity index (χ2n) is 9.04. The lowest BCUT2D eigenvalue weighted by Crippen LogP contribution is -2.34. The number of rotatable bonds is 6. The van der Waals surface area contributed by atoms with Gasteiger partial charge in [0.2, 0.25) is 5.91 Å². The first-order valence-corrected chi connectivity index (χ1v) is 12.0. The van der Waals surface area contributed by atoms with Crippen LogP contribution >= 0.6 is 0 Å². The van der Waals surface area contributed by atoms with Crippen LogP contribution in [0.1, 0.15) is 18.1 Å². The number of carbonyl (C=O) groups excluding carboxylic acids is 1. The van der Waals surface area contributed by atoms with Gasteiger partial charge in [0.1, 0.15) is 5.75 Å². The summed E-state index contributed by atoms with van der Waals surface area (Å²) in [5.74, 6) is 1.17. The van der Waals surface area contributed by atoms with Gasteiger partial charge in [-0.15, -0.1) is 0 Å². The average molecular weight is 468 g/mol. The lowest BCUT2D eigenvalue weighted by atomic mass is 9.95. The van der Waals surface area contributed by atoms with Crippen molar-refractivity contribution in [1.82, 2.24) is 24.8 Å². The molecule has 2 aromatic carbocycles. The second-order valence-corrected chi connectivity index (χ2v) is 9.04. The summed E-state index contributed by atoms with van der Waals surface area (Å²) in [6.45, 7) is 5.69. The highest BCUT2D eigenvalue weighted by molar-refractivity contribution is 5.82. The van der Waals surface area contributed by atoms with Crippen LogP contribution < -0.4 is 4.74 Å². The normalized spacial score (nSPS) is 16.7. The number of pyridine rings is 1. The maximum atomic E-state index is 12.3. The van der Waals surface area contributed by atoms with E-state index in [-0.39, 0.29) is 5.91 Å². The Morgan fingerprint density at radius 3 is 2.63 bits per heavy atom. The van der Waals surface area contributed by atoms with Gasteiger partial charge in [-0.25, -0.2) is 9.97 Å². The Morgan fingerprint density at radius 2 is 1.77 bits per heavy atom. The van der Waals surface area contributed by atoms with Crippen LogP contribution in [0.2, 0.25) is 0 Å². The molecule has 2 aromatic heterocycles. The van der Waals surface area contributed by atoms with Crippen LogP contribution in [0.4, 0.5) is 0 Å². The lowest BCUT2D eigenvalue weighted by molar-refractivity contribution is -0.129. The predicted octanol–water partition coefficient (Wildman–Crippen LogP) is 4.34. The molecule has 0 N–H and O–H groups in total. The summed E-state index contributed by atoms with van der Waals surface area (Å²) in [6, 6.07) is 20.6. The standard InChI is InChI=1S/C28H29N5O2/c1-21(34)33-15-14-32(18-22-6-2-8-25(17-22)35-28-30-12-5-13-31-28)19-23(20-33)16-24-7-3-10-27-26(24)9-4-11-29-27/h2-13,17,23H,14-16,18-20H2,1H3/t23-/m1/s1. The molecule has 0 unspecified atom stereocenters. The Balaban J connectivity index is 1.33. The van der Waals surface area contributed by atoms with Gasteiger partial charge in [0, 0.05) is 63.6 Å². The third-order valence-electron chi connectivity index (χ3n) is 6.43. The Bertz CT molecular complexity index is 1290. The molecule has 0 radical (unpaired) electrons. The van der Waals surface area contributed by atoms with Crippen LogP contribution in [0.15, 0.2) is 79.3 Å². The van der Waals surface area contributed by atoms with Crippen molar-refractivity contribution < 1.29 is 9.53 Å². The van der Waals surface area contributed by atoms with Gasteiger partial charge < -0.3 is 9.64 Å². The van der Waals surface area contributed by atoms with Gasteiger partial charge in [0.15, 0.2) is 0 Å². The van der Waals surface area contributed by atoms with Crippen molar-refractivity contribution in [2.75, 3.05) is 26.2 Å². The molecule has 0 aliphatic carbocycles. The van der Waals surface area contributed by atoms with Crippen LogP contribution in [0.3, 0.4) is 0 Å². The minimum absolute atomic E-state index is 0.134. The highest BCUT2D eigenvalue weighted by Crippen LogP contribution is 2.24. The molecule has 1 atom stereocenters. The highest BCUT2D eigenvalue weighted by Gasteiger charge is 2.25. The molecule has 178 valence electrons. The van der Waals surface area contributed by atoms with Crippen molar-refractivity contribution in [3.05, 3.63) is 90.4 Å². The molecule has 0 spiro atoms. The fourth-order valence-corrected chi connectivity index (χ4v) is 4.80. The summed E-state index contributed by atoms with van der Waals surface area (Å²) in [5, 5.41) is 1.19. The van der Waals surface area contributed by atoms with Crippen molar-refractivity contribution >= 4 is 16.8 Å².